The first-order chi connectivity index (χ1) is 10.2. The van der Waals surface area contributed by atoms with Gasteiger partial charge in [0.1, 0.15) is 0 Å². The Kier molecular flexibility index (Phi) is 5.81. The molecule has 0 saturated carbocycles. The van der Waals surface area contributed by atoms with Crippen molar-refractivity contribution in [2.45, 2.75) is 19.9 Å². The number of halogens is 1. The molecule has 3 nitrogen and oxygen atoms in total. The Labute approximate surface area is 133 Å². The Balaban J connectivity index is 1.73. The first-order valence-corrected chi connectivity index (χ1v) is 7.76. The summed E-state index contributed by atoms with van der Waals surface area (Å²) in [6.07, 6.45) is 0.805. The quantitative estimate of drug-likeness (QED) is 0.849. The van der Waals surface area contributed by atoms with Gasteiger partial charge in [0, 0.05) is 17.6 Å². The number of hydrogen-bond acceptors (Lipinski definition) is 1. The molecule has 0 spiro atoms. The van der Waals surface area contributed by atoms with Gasteiger partial charge in [0.05, 0.1) is 0 Å². The molecular formula is C17H19BrN2O. The molecule has 21 heavy (non-hydrogen) atoms. The maximum absolute atomic E-state index is 11.8. The van der Waals surface area contributed by atoms with E-state index in [0.717, 1.165) is 16.5 Å². The van der Waals surface area contributed by atoms with Gasteiger partial charge in [-0.25, -0.2) is 4.79 Å². The Morgan fingerprint density at radius 2 is 1.67 bits per heavy atom. The van der Waals surface area contributed by atoms with Crippen LogP contribution in [0.3, 0.4) is 0 Å². The van der Waals surface area contributed by atoms with Crippen LogP contribution in [0, 0.1) is 6.92 Å². The van der Waals surface area contributed by atoms with Crippen LogP contribution in [0.1, 0.15) is 16.7 Å². The summed E-state index contributed by atoms with van der Waals surface area (Å²) in [6, 6.07) is 16.0. The molecule has 110 valence electrons. The molecule has 2 N–H and O–H groups in total. The lowest BCUT2D eigenvalue weighted by Crippen LogP contribution is -2.36. The lowest BCUT2D eigenvalue weighted by atomic mass is 10.1. The molecule has 4 heteroatoms. The highest BCUT2D eigenvalue weighted by molar-refractivity contribution is 9.10. The van der Waals surface area contributed by atoms with Gasteiger partial charge >= 0.3 is 6.03 Å². The Hall–Kier alpha value is -1.81. The number of carbonyl (C=O) groups excluding carboxylic acids is 1. The Morgan fingerprint density at radius 1 is 1.00 bits per heavy atom. The molecule has 0 aliphatic rings. The summed E-state index contributed by atoms with van der Waals surface area (Å²) in [5.41, 5.74) is 3.51. The first-order valence-electron chi connectivity index (χ1n) is 6.96. The third kappa shape index (κ3) is 4.90. The molecule has 2 aromatic carbocycles. The van der Waals surface area contributed by atoms with Crippen molar-refractivity contribution >= 4 is 22.0 Å². The van der Waals surface area contributed by atoms with Crippen molar-refractivity contribution in [3.05, 3.63) is 69.7 Å². The minimum atomic E-state index is -0.134. The van der Waals surface area contributed by atoms with Crippen LogP contribution in [-0.2, 0) is 13.0 Å². The number of benzene rings is 2. The molecule has 0 saturated heterocycles. The second kappa shape index (κ2) is 7.84. The summed E-state index contributed by atoms with van der Waals surface area (Å²) in [6.45, 7) is 3.21. The molecule has 2 rings (SSSR count). The molecule has 2 aromatic rings. The lowest BCUT2D eigenvalue weighted by Gasteiger charge is -2.10. The fourth-order valence-corrected chi connectivity index (χ4v) is 2.54. The molecular weight excluding hydrogens is 328 g/mol. The van der Waals surface area contributed by atoms with E-state index in [1.54, 1.807) is 0 Å². The van der Waals surface area contributed by atoms with Gasteiger partial charge in [-0.2, -0.15) is 0 Å². The van der Waals surface area contributed by atoms with Gasteiger partial charge in [-0.05, 0) is 36.1 Å². The fourth-order valence-electron chi connectivity index (χ4n) is 2.06. The summed E-state index contributed by atoms with van der Waals surface area (Å²) < 4.78 is 1.08. The van der Waals surface area contributed by atoms with E-state index in [1.165, 1.54) is 11.1 Å². The summed E-state index contributed by atoms with van der Waals surface area (Å²) >= 11 is 3.50. The minimum absolute atomic E-state index is 0.134. The second-order valence-corrected chi connectivity index (χ2v) is 5.73. The van der Waals surface area contributed by atoms with Crippen LogP contribution >= 0.6 is 15.9 Å². The van der Waals surface area contributed by atoms with Crippen LogP contribution in [-0.4, -0.2) is 12.6 Å². The monoisotopic (exact) mass is 346 g/mol. The molecule has 0 radical (unpaired) electrons. The molecule has 2 amide bonds. The van der Waals surface area contributed by atoms with Gasteiger partial charge in [-0.15, -0.1) is 0 Å². The normalized spacial score (nSPS) is 10.2. The summed E-state index contributed by atoms with van der Waals surface area (Å²) in [7, 11) is 0. The average molecular weight is 347 g/mol. The largest absolute Gasteiger partial charge is 0.338 e. The highest BCUT2D eigenvalue weighted by atomic mass is 79.9. The van der Waals surface area contributed by atoms with Crippen molar-refractivity contribution in [3.8, 4) is 0 Å². The highest BCUT2D eigenvalue weighted by Crippen LogP contribution is 2.15. The van der Waals surface area contributed by atoms with E-state index >= 15 is 0 Å². The molecule has 0 unspecified atom stereocenters. The van der Waals surface area contributed by atoms with Crippen LogP contribution in [0.25, 0.3) is 0 Å². The van der Waals surface area contributed by atoms with Crippen molar-refractivity contribution in [1.82, 2.24) is 10.6 Å². The van der Waals surface area contributed by atoms with Crippen molar-refractivity contribution in [2.75, 3.05) is 6.54 Å². The van der Waals surface area contributed by atoms with Crippen molar-refractivity contribution in [3.63, 3.8) is 0 Å². The van der Waals surface area contributed by atoms with Gasteiger partial charge in [0.15, 0.2) is 0 Å². The highest BCUT2D eigenvalue weighted by Gasteiger charge is 2.03. The smallest absolute Gasteiger partial charge is 0.315 e. The molecule has 0 aliphatic heterocycles. The molecule has 0 aromatic heterocycles. The fraction of sp³-hybridized carbons (Fsp3) is 0.235. The number of urea groups is 1. The number of nitrogens with one attached hydrogen (secondary N) is 2. The zero-order chi connectivity index (χ0) is 15.1. The van der Waals surface area contributed by atoms with E-state index in [4.69, 9.17) is 0 Å². The van der Waals surface area contributed by atoms with Crippen LogP contribution in [0.15, 0.2) is 53.0 Å². The van der Waals surface area contributed by atoms with E-state index in [-0.39, 0.29) is 6.03 Å². The predicted molar refractivity (Wildman–Crippen MR) is 89.3 cm³/mol. The van der Waals surface area contributed by atoms with Gasteiger partial charge in [-0.1, -0.05) is 58.4 Å². The van der Waals surface area contributed by atoms with Crippen LogP contribution < -0.4 is 10.6 Å². The number of aryl methyl sites for hydroxylation is 1. The number of rotatable bonds is 5. The molecule has 0 atom stereocenters. The van der Waals surface area contributed by atoms with Gasteiger partial charge in [0.25, 0.3) is 0 Å². The molecule has 0 aliphatic carbocycles. The third-order valence-electron chi connectivity index (χ3n) is 3.34. The SMILES string of the molecule is Cc1ccccc1CNC(=O)NCCc1ccccc1Br. The predicted octanol–water partition coefficient (Wildman–Crippen LogP) is 3.80. The topological polar surface area (TPSA) is 41.1 Å². The van der Waals surface area contributed by atoms with Crippen LogP contribution in [0.2, 0.25) is 0 Å². The zero-order valence-electron chi connectivity index (χ0n) is 12.0. The first kappa shape index (κ1) is 15.6. The Bertz CT molecular complexity index is 613. The third-order valence-corrected chi connectivity index (χ3v) is 4.11. The minimum Gasteiger partial charge on any atom is -0.338 e. The zero-order valence-corrected chi connectivity index (χ0v) is 13.6. The van der Waals surface area contributed by atoms with Crippen molar-refractivity contribution < 1.29 is 4.79 Å². The van der Waals surface area contributed by atoms with Crippen LogP contribution in [0.5, 0.6) is 0 Å². The number of carbonyl (C=O) groups is 1. The van der Waals surface area contributed by atoms with E-state index in [9.17, 15) is 4.79 Å². The average Bonchev–Trinajstić information content (AvgIpc) is 2.48. The molecule has 0 bridgehead atoms. The van der Waals surface area contributed by atoms with Crippen molar-refractivity contribution in [2.24, 2.45) is 0 Å². The van der Waals surface area contributed by atoms with Gasteiger partial charge < -0.3 is 10.6 Å². The molecule has 0 heterocycles. The summed E-state index contributed by atoms with van der Waals surface area (Å²) in [4.78, 5) is 11.8. The van der Waals surface area contributed by atoms with E-state index < -0.39 is 0 Å². The van der Waals surface area contributed by atoms with E-state index in [2.05, 4.69) is 32.6 Å². The Morgan fingerprint density at radius 3 is 2.38 bits per heavy atom. The van der Waals surface area contributed by atoms with Gasteiger partial charge in [-0.3, -0.25) is 0 Å². The van der Waals surface area contributed by atoms with Crippen LogP contribution in [0.4, 0.5) is 4.79 Å². The summed E-state index contributed by atoms with van der Waals surface area (Å²) in [5, 5.41) is 5.76. The number of amides is 2. The maximum atomic E-state index is 11.8. The summed E-state index contributed by atoms with van der Waals surface area (Å²) in [5.74, 6) is 0. The maximum Gasteiger partial charge on any atom is 0.315 e. The molecule has 0 fully saturated rings. The van der Waals surface area contributed by atoms with Crippen molar-refractivity contribution in [1.29, 1.82) is 0 Å². The van der Waals surface area contributed by atoms with E-state index in [1.807, 2.05) is 49.4 Å². The number of hydrogen-bond donors (Lipinski definition) is 2. The lowest BCUT2D eigenvalue weighted by molar-refractivity contribution is 0.240. The van der Waals surface area contributed by atoms with Gasteiger partial charge in [0.2, 0.25) is 0 Å². The van der Waals surface area contributed by atoms with E-state index in [0.29, 0.717) is 13.1 Å². The second-order valence-electron chi connectivity index (χ2n) is 4.88. The standard InChI is InChI=1S/C17H19BrN2O/c1-13-6-2-3-8-15(13)12-20-17(21)19-11-10-14-7-4-5-9-16(14)18/h2-9H,10-12H2,1H3,(H2,19,20,21).